The van der Waals surface area contributed by atoms with Crippen LogP contribution >= 0.6 is 0 Å². The van der Waals surface area contributed by atoms with E-state index in [9.17, 15) is 24.9 Å². The molecule has 3 rings (SSSR count). The number of aliphatic hydroxyl groups excluding tert-OH is 1. The topological polar surface area (TPSA) is 120 Å². The number of carbonyl (C=O) groups excluding carboxylic acids is 1. The van der Waals surface area contributed by atoms with Crippen molar-refractivity contribution in [1.82, 2.24) is 5.32 Å². The van der Waals surface area contributed by atoms with Gasteiger partial charge in [-0.05, 0) is 30.2 Å². The lowest BCUT2D eigenvalue weighted by Gasteiger charge is -2.17. The van der Waals surface area contributed by atoms with Crippen LogP contribution in [0.2, 0.25) is 0 Å². The van der Waals surface area contributed by atoms with Crippen molar-refractivity contribution < 1.29 is 24.5 Å². The van der Waals surface area contributed by atoms with Crippen molar-refractivity contribution in [3.8, 4) is 11.5 Å². The van der Waals surface area contributed by atoms with Crippen LogP contribution in [0, 0.1) is 6.92 Å². The Morgan fingerprint density at radius 2 is 1.85 bits per heavy atom. The van der Waals surface area contributed by atoms with Gasteiger partial charge in [0.1, 0.15) is 0 Å². The second-order valence-electron chi connectivity index (χ2n) is 6.19. The quantitative estimate of drug-likeness (QED) is 0.403. The second-order valence-corrected chi connectivity index (χ2v) is 6.19. The molecule has 0 aliphatic heterocycles. The first kappa shape index (κ1) is 18.5. The highest BCUT2D eigenvalue weighted by Crippen LogP contribution is 2.34. The number of amides is 1. The van der Waals surface area contributed by atoms with Gasteiger partial charge in [0.25, 0.3) is 0 Å². The van der Waals surface area contributed by atoms with E-state index in [1.807, 2.05) is 6.07 Å². The zero-order chi connectivity index (χ0) is 19.6. The SMILES string of the molecule is Cc1c(CC(=O)N[C@@H](CO)c2ccccc2)c(=O)oc2c(O)c(O)ccc12. The first-order chi connectivity index (χ1) is 12.9. The van der Waals surface area contributed by atoms with Crippen molar-refractivity contribution in [2.24, 2.45) is 0 Å². The van der Waals surface area contributed by atoms with Gasteiger partial charge in [-0.3, -0.25) is 4.79 Å². The molecule has 1 amide bonds. The monoisotopic (exact) mass is 369 g/mol. The lowest BCUT2D eigenvalue weighted by atomic mass is 10.0. The highest BCUT2D eigenvalue weighted by Gasteiger charge is 2.20. The summed E-state index contributed by atoms with van der Waals surface area (Å²) in [4.78, 5) is 24.7. The fraction of sp³-hybridized carbons (Fsp3) is 0.200. The lowest BCUT2D eigenvalue weighted by molar-refractivity contribution is -0.121. The molecule has 0 saturated carbocycles. The smallest absolute Gasteiger partial charge is 0.340 e. The van der Waals surface area contributed by atoms with Gasteiger partial charge in [0.2, 0.25) is 11.7 Å². The molecule has 1 atom stereocenters. The molecule has 7 nitrogen and oxygen atoms in total. The fourth-order valence-corrected chi connectivity index (χ4v) is 2.96. The third kappa shape index (κ3) is 3.63. The molecular weight excluding hydrogens is 350 g/mol. The largest absolute Gasteiger partial charge is 0.504 e. The summed E-state index contributed by atoms with van der Waals surface area (Å²) in [6.07, 6.45) is -0.241. The van der Waals surface area contributed by atoms with Gasteiger partial charge >= 0.3 is 5.63 Å². The first-order valence-corrected chi connectivity index (χ1v) is 8.34. The highest BCUT2D eigenvalue weighted by molar-refractivity contribution is 5.89. The minimum absolute atomic E-state index is 0.126. The molecule has 2 aromatic carbocycles. The number of hydrogen-bond donors (Lipinski definition) is 4. The number of fused-ring (bicyclic) bond motifs is 1. The minimum atomic E-state index is -0.767. The van der Waals surface area contributed by atoms with Gasteiger partial charge in [-0.15, -0.1) is 0 Å². The maximum Gasteiger partial charge on any atom is 0.340 e. The lowest BCUT2D eigenvalue weighted by Crippen LogP contribution is -2.33. The number of aliphatic hydroxyl groups is 1. The van der Waals surface area contributed by atoms with Crippen molar-refractivity contribution >= 4 is 16.9 Å². The molecule has 7 heteroatoms. The third-order valence-electron chi connectivity index (χ3n) is 4.47. The number of aryl methyl sites for hydroxylation is 1. The van der Waals surface area contributed by atoms with E-state index >= 15 is 0 Å². The van der Waals surface area contributed by atoms with Gasteiger partial charge < -0.3 is 25.1 Å². The Balaban J connectivity index is 1.89. The van der Waals surface area contributed by atoms with E-state index in [1.165, 1.54) is 12.1 Å². The highest BCUT2D eigenvalue weighted by atomic mass is 16.4. The molecule has 0 unspecified atom stereocenters. The van der Waals surface area contributed by atoms with Gasteiger partial charge in [0.15, 0.2) is 11.3 Å². The zero-order valence-electron chi connectivity index (χ0n) is 14.6. The van der Waals surface area contributed by atoms with Gasteiger partial charge in [-0.1, -0.05) is 30.3 Å². The molecule has 0 fully saturated rings. The molecule has 1 heterocycles. The summed E-state index contributed by atoms with van der Waals surface area (Å²) in [6.45, 7) is 1.35. The Bertz CT molecular complexity index is 1040. The van der Waals surface area contributed by atoms with Gasteiger partial charge in [0, 0.05) is 5.39 Å². The number of phenolic OH excluding ortho intramolecular Hbond substituents is 2. The summed E-state index contributed by atoms with van der Waals surface area (Å²) < 4.78 is 5.11. The molecule has 140 valence electrons. The van der Waals surface area contributed by atoms with Crippen molar-refractivity contribution in [2.45, 2.75) is 19.4 Å². The molecule has 0 aliphatic rings. The summed E-state index contributed by atoms with van der Waals surface area (Å²) in [5.74, 6) is -1.37. The molecule has 1 aromatic heterocycles. The molecular formula is C20H19NO6. The van der Waals surface area contributed by atoms with E-state index < -0.39 is 29.1 Å². The maximum atomic E-state index is 12.4. The Morgan fingerprint density at radius 1 is 1.15 bits per heavy atom. The molecule has 27 heavy (non-hydrogen) atoms. The fourth-order valence-electron chi connectivity index (χ4n) is 2.96. The predicted molar refractivity (Wildman–Crippen MR) is 98.7 cm³/mol. The second kappa shape index (κ2) is 7.51. The average molecular weight is 369 g/mol. The number of carbonyl (C=O) groups is 1. The van der Waals surface area contributed by atoms with Crippen molar-refractivity contribution in [3.05, 3.63) is 69.6 Å². The summed E-state index contributed by atoms with van der Waals surface area (Å²) in [6, 6.07) is 11.2. The van der Waals surface area contributed by atoms with Gasteiger partial charge in [-0.25, -0.2) is 4.79 Å². The normalized spacial score (nSPS) is 12.1. The van der Waals surface area contributed by atoms with Crippen LogP contribution in [0.1, 0.15) is 22.7 Å². The van der Waals surface area contributed by atoms with Crippen LogP contribution in [0.4, 0.5) is 0 Å². The first-order valence-electron chi connectivity index (χ1n) is 8.34. The van der Waals surface area contributed by atoms with Crippen LogP contribution < -0.4 is 10.9 Å². The third-order valence-corrected chi connectivity index (χ3v) is 4.47. The summed E-state index contributed by atoms with van der Waals surface area (Å²) in [7, 11) is 0. The molecule has 4 N–H and O–H groups in total. The Kier molecular flexibility index (Phi) is 5.14. The van der Waals surface area contributed by atoms with Gasteiger partial charge in [-0.2, -0.15) is 0 Å². The number of phenols is 2. The van der Waals surface area contributed by atoms with Gasteiger partial charge in [0.05, 0.1) is 24.6 Å². The summed E-state index contributed by atoms with van der Waals surface area (Å²) in [5.41, 5.74) is 0.480. The van der Waals surface area contributed by atoms with E-state index in [1.54, 1.807) is 31.2 Å². The van der Waals surface area contributed by atoms with E-state index in [0.717, 1.165) is 5.56 Å². The summed E-state index contributed by atoms with van der Waals surface area (Å²) in [5, 5.41) is 32.1. The predicted octanol–water partition coefficient (Wildman–Crippen LogP) is 1.90. The van der Waals surface area contributed by atoms with Crippen LogP contribution in [-0.2, 0) is 11.2 Å². The number of hydrogen-bond acceptors (Lipinski definition) is 6. The van der Waals surface area contributed by atoms with E-state index in [-0.39, 0.29) is 24.2 Å². The van der Waals surface area contributed by atoms with Crippen LogP contribution in [0.3, 0.4) is 0 Å². The van der Waals surface area contributed by atoms with E-state index in [2.05, 4.69) is 5.32 Å². The number of rotatable bonds is 5. The van der Waals surface area contributed by atoms with Crippen LogP contribution in [0.25, 0.3) is 11.0 Å². The van der Waals surface area contributed by atoms with Crippen molar-refractivity contribution in [1.29, 1.82) is 0 Å². The van der Waals surface area contributed by atoms with Crippen molar-refractivity contribution in [3.63, 3.8) is 0 Å². The maximum absolute atomic E-state index is 12.4. The number of benzene rings is 2. The Hall–Kier alpha value is -3.32. The van der Waals surface area contributed by atoms with Crippen LogP contribution in [-0.4, -0.2) is 27.8 Å². The summed E-state index contributed by atoms with van der Waals surface area (Å²) >= 11 is 0. The van der Waals surface area contributed by atoms with E-state index in [4.69, 9.17) is 4.42 Å². The Labute approximate surface area is 154 Å². The van der Waals surface area contributed by atoms with Crippen LogP contribution in [0.15, 0.2) is 51.7 Å². The molecule has 0 saturated heterocycles. The minimum Gasteiger partial charge on any atom is -0.504 e. The molecule has 0 spiro atoms. The average Bonchev–Trinajstić information content (AvgIpc) is 2.67. The number of nitrogens with one attached hydrogen (secondary N) is 1. The van der Waals surface area contributed by atoms with Crippen LogP contribution in [0.5, 0.6) is 11.5 Å². The standard InChI is InChI=1S/C20H19NO6/c1-11-13-7-8-16(23)18(25)19(13)27-20(26)14(11)9-17(24)21-15(10-22)12-5-3-2-4-6-12/h2-8,15,22-23,25H,9-10H2,1H3,(H,21,24)/t15-/m0/s1. The number of aromatic hydroxyl groups is 2. The molecule has 3 aromatic rings. The van der Waals surface area contributed by atoms with Crippen molar-refractivity contribution in [2.75, 3.05) is 6.61 Å². The zero-order valence-corrected chi connectivity index (χ0v) is 14.6. The molecule has 0 radical (unpaired) electrons. The molecule has 0 aliphatic carbocycles. The van der Waals surface area contributed by atoms with E-state index in [0.29, 0.717) is 10.9 Å². The Morgan fingerprint density at radius 3 is 2.52 bits per heavy atom. The molecule has 0 bridgehead atoms.